The fraction of sp³-hybridized carbons (Fsp3) is 0.450. The number of H-pyrrole nitrogens is 2. The third-order valence-corrected chi connectivity index (χ3v) is 5.90. The van der Waals surface area contributed by atoms with E-state index in [1.54, 1.807) is 30.0 Å². The van der Waals surface area contributed by atoms with E-state index in [2.05, 4.69) is 10.2 Å². The second-order valence-electron chi connectivity index (χ2n) is 8.00. The van der Waals surface area contributed by atoms with Crippen LogP contribution in [0.1, 0.15) is 17.2 Å². The predicted octanol–water partition coefficient (Wildman–Crippen LogP) is 1.20. The number of carbonyl (C=O) groups excluding carboxylic acids is 2. The van der Waals surface area contributed by atoms with Crippen LogP contribution < -0.4 is 5.56 Å². The van der Waals surface area contributed by atoms with Crippen LogP contribution in [0.4, 0.5) is 9.18 Å². The quantitative estimate of drug-likeness (QED) is 0.809. The number of nitrogens with zero attached hydrogens (tertiary/aromatic N) is 3. The zero-order valence-electron chi connectivity index (χ0n) is 16.4. The molecule has 0 spiro atoms. The zero-order valence-corrected chi connectivity index (χ0v) is 16.4. The van der Waals surface area contributed by atoms with Gasteiger partial charge in [0.1, 0.15) is 5.82 Å². The van der Waals surface area contributed by atoms with Crippen molar-refractivity contribution in [2.24, 2.45) is 11.8 Å². The van der Waals surface area contributed by atoms with Crippen molar-refractivity contribution in [2.75, 3.05) is 33.7 Å². The number of urea groups is 1. The van der Waals surface area contributed by atoms with Gasteiger partial charge in [0.15, 0.2) is 0 Å². The minimum atomic E-state index is -0.346. The lowest BCUT2D eigenvalue weighted by Gasteiger charge is -2.32. The molecule has 2 aliphatic rings. The Hall–Kier alpha value is -3.10. The largest absolute Gasteiger partial charge is 0.342 e. The molecule has 29 heavy (non-hydrogen) atoms. The summed E-state index contributed by atoms with van der Waals surface area (Å²) in [6, 6.07) is 5.91. The first kappa shape index (κ1) is 19.2. The van der Waals surface area contributed by atoms with Crippen LogP contribution in [0.5, 0.6) is 0 Å². The molecule has 8 nitrogen and oxygen atoms in total. The smallest absolute Gasteiger partial charge is 0.320 e. The van der Waals surface area contributed by atoms with E-state index < -0.39 is 0 Å². The van der Waals surface area contributed by atoms with Crippen molar-refractivity contribution in [3.63, 3.8) is 0 Å². The van der Waals surface area contributed by atoms with Gasteiger partial charge in [-0.05, 0) is 17.7 Å². The second-order valence-corrected chi connectivity index (χ2v) is 8.00. The van der Waals surface area contributed by atoms with Crippen molar-refractivity contribution >= 4 is 11.9 Å². The summed E-state index contributed by atoms with van der Waals surface area (Å²) in [6.07, 6.45) is 1.54. The van der Waals surface area contributed by atoms with Gasteiger partial charge >= 0.3 is 6.03 Å². The van der Waals surface area contributed by atoms with Crippen LogP contribution in [0.3, 0.4) is 0 Å². The predicted molar refractivity (Wildman–Crippen MR) is 104 cm³/mol. The molecule has 3 heterocycles. The minimum Gasteiger partial charge on any atom is -0.342 e. The maximum Gasteiger partial charge on any atom is 0.320 e. The highest BCUT2D eigenvalue weighted by molar-refractivity contribution is 5.79. The first-order valence-electron chi connectivity index (χ1n) is 9.61. The van der Waals surface area contributed by atoms with Gasteiger partial charge < -0.3 is 19.8 Å². The lowest BCUT2D eigenvalue weighted by atomic mass is 9.89. The molecule has 0 radical (unpaired) electrons. The van der Waals surface area contributed by atoms with Gasteiger partial charge in [-0.15, -0.1) is 0 Å². The molecule has 1 aromatic carbocycles. The normalized spacial score (nSPS) is 23.3. The molecular formula is C20H24FN5O3. The molecule has 4 rings (SSSR count). The molecule has 1 aromatic heterocycles. The molecule has 0 saturated carbocycles. The fourth-order valence-electron chi connectivity index (χ4n) is 4.56. The fourth-order valence-corrected chi connectivity index (χ4v) is 4.56. The van der Waals surface area contributed by atoms with Gasteiger partial charge in [-0.3, -0.25) is 14.7 Å². The van der Waals surface area contributed by atoms with Gasteiger partial charge in [0, 0.05) is 57.3 Å². The van der Waals surface area contributed by atoms with Crippen LogP contribution in [0.25, 0.3) is 0 Å². The Morgan fingerprint density at radius 3 is 2.69 bits per heavy atom. The molecule has 2 aliphatic heterocycles. The average molecular weight is 401 g/mol. The summed E-state index contributed by atoms with van der Waals surface area (Å²) < 4.78 is 13.9. The topological polar surface area (TPSA) is 92.5 Å². The SMILES string of the molecule is CN(C)C(=O)N1C[C@H]2CN(C(=O)Cc3c[nH][nH]c3=O)C[C@H]2[C@@H]1c1cccc(F)c1. The number of hydrogen-bond donors (Lipinski definition) is 2. The highest BCUT2D eigenvalue weighted by Crippen LogP contribution is 2.45. The van der Waals surface area contributed by atoms with E-state index in [1.807, 2.05) is 6.07 Å². The molecule has 9 heteroatoms. The molecule has 3 amide bonds. The molecule has 154 valence electrons. The number of amides is 3. The van der Waals surface area contributed by atoms with Crippen molar-refractivity contribution in [1.29, 1.82) is 0 Å². The van der Waals surface area contributed by atoms with Crippen LogP contribution in [-0.2, 0) is 11.2 Å². The summed E-state index contributed by atoms with van der Waals surface area (Å²) in [5.41, 5.74) is 0.848. The van der Waals surface area contributed by atoms with E-state index in [0.717, 1.165) is 5.56 Å². The maximum atomic E-state index is 13.9. The summed E-state index contributed by atoms with van der Waals surface area (Å²) in [5.74, 6) is -0.330. The Morgan fingerprint density at radius 2 is 2.03 bits per heavy atom. The lowest BCUT2D eigenvalue weighted by Crippen LogP contribution is -2.42. The third-order valence-electron chi connectivity index (χ3n) is 5.90. The van der Waals surface area contributed by atoms with Crippen molar-refractivity contribution in [2.45, 2.75) is 12.5 Å². The molecule has 0 aliphatic carbocycles. The van der Waals surface area contributed by atoms with Crippen LogP contribution >= 0.6 is 0 Å². The summed E-state index contributed by atoms with van der Waals surface area (Å²) in [6.45, 7) is 1.51. The van der Waals surface area contributed by atoms with E-state index in [0.29, 0.717) is 25.2 Å². The molecule has 0 unspecified atom stereocenters. The summed E-state index contributed by atoms with van der Waals surface area (Å²) in [4.78, 5) is 42.2. The monoisotopic (exact) mass is 401 g/mol. The number of likely N-dealkylation sites (tertiary alicyclic amines) is 2. The van der Waals surface area contributed by atoms with Gasteiger partial charge in [0.25, 0.3) is 5.56 Å². The number of hydrogen-bond acceptors (Lipinski definition) is 3. The molecule has 2 fully saturated rings. The van der Waals surface area contributed by atoms with E-state index >= 15 is 0 Å². The Labute approximate surface area is 167 Å². The second kappa shape index (κ2) is 7.38. The first-order valence-corrected chi connectivity index (χ1v) is 9.61. The molecule has 2 N–H and O–H groups in total. The number of aromatic nitrogens is 2. The van der Waals surface area contributed by atoms with Gasteiger partial charge in [0.05, 0.1) is 12.5 Å². The number of fused-ring (bicyclic) bond motifs is 1. The van der Waals surface area contributed by atoms with Crippen molar-refractivity contribution in [3.8, 4) is 0 Å². The number of aromatic amines is 2. The average Bonchev–Trinajstić information content (AvgIpc) is 3.35. The van der Waals surface area contributed by atoms with Crippen LogP contribution in [0.15, 0.2) is 35.3 Å². The Morgan fingerprint density at radius 1 is 1.24 bits per heavy atom. The summed E-state index contributed by atoms with van der Waals surface area (Å²) >= 11 is 0. The molecule has 0 bridgehead atoms. The zero-order chi connectivity index (χ0) is 20.7. The Bertz CT molecular complexity index is 984. The van der Waals surface area contributed by atoms with Gasteiger partial charge in [-0.2, -0.15) is 0 Å². The number of benzene rings is 1. The standard InChI is InChI=1S/C20H24FN5O3/c1-24(2)20(29)26-10-14-9-25(17(27)7-13-8-22-23-19(13)28)11-16(14)18(26)12-4-3-5-15(21)6-12/h3-6,8,14,16,18H,7,9-11H2,1-2H3,(H2,22,23,28)/t14-,16-,18+/m1/s1. The third kappa shape index (κ3) is 3.52. The van der Waals surface area contributed by atoms with Crippen LogP contribution in [0, 0.1) is 17.7 Å². The van der Waals surface area contributed by atoms with E-state index in [9.17, 15) is 18.8 Å². The van der Waals surface area contributed by atoms with Crippen LogP contribution in [0.2, 0.25) is 0 Å². The number of nitrogens with one attached hydrogen (secondary N) is 2. The number of rotatable bonds is 3. The Balaban J connectivity index is 1.57. The molecular weight excluding hydrogens is 377 g/mol. The Kier molecular flexibility index (Phi) is 4.89. The van der Waals surface area contributed by atoms with Crippen molar-refractivity contribution in [1.82, 2.24) is 24.9 Å². The van der Waals surface area contributed by atoms with Gasteiger partial charge in [0.2, 0.25) is 5.91 Å². The highest BCUT2D eigenvalue weighted by Gasteiger charge is 2.50. The molecule has 2 saturated heterocycles. The van der Waals surface area contributed by atoms with Crippen molar-refractivity contribution < 1.29 is 14.0 Å². The minimum absolute atomic E-state index is 0.0224. The summed E-state index contributed by atoms with van der Waals surface area (Å²) in [5, 5.41) is 5.04. The van der Waals surface area contributed by atoms with E-state index in [-0.39, 0.29) is 47.6 Å². The molecule has 2 aromatic rings. The van der Waals surface area contributed by atoms with Crippen LogP contribution in [-0.4, -0.2) is 70.6 Å². The first-order chi connectivity index (χ1) is 13.8. The lowest BCUT2D eigenvalue weighted by molar-refractivity contribution is -0.129. The maximum absolute atomic E-state index is 13.9. The highest BCUT2D eigenvalue weighted by atomic mass is 19.1. The van der Waals surface area contributed by atoms with Gasteiger partial charge in [-0.1, -0.05) is 12.1 Å². The number of carbonyl (C=O) groups is 2. The van der Waals surface area contributed by atoms with E-state index in [4.69, 9.17) is 0 Å². The number of halogens is 1. The summed E-state index contributed by atoms with van der Waals surface area (Å²) in [7, 11) is 3.40. The van der Waals surface area contributed by atoms with Gasteiger partial charge in [-0.25, -0.2) is 9.18 Å². The van der Waals surface area contributed by atoms with E-state index in [1.165, 1.54) is 23.2 Å². The molecule has 3 atom stereocenters. The van der Waals surface area contributed by atoms with Crippen molar-refractivity contribution in [3.05, 3.63) is 57.8 Å².